The van der Waals surface area contributed by atoms with Crippen molar-refractivity contribution in [1.29, 1.82) is 0 Å². The van der Waals surface area contributed by atoms with Gasteiger partial charge in [-0.3, -0.25) is 0 Å². The molecule has 0 amide bonds. The van der Waals surface area contributed by atoms with E-state index < -0.39 is 0 Å². The number of rotatable bonds is 1. The number of aromatic hydroxyl groups is 2. The monoisotopic (exact) mass is 214 g/mol. The van der Waals surface area contributed by atoms with E-state index in [0.717, 1.165) is 16.7 Å². The quantitative estimate of drug-likeness (QED) is 0.714. The molecule has 2 heteroatoms. The first kappa shape index (κ1) is 10.6. The number of benzene rings is 2. The second-order valence-electron chi connectivity index (χ2n) is 3.92. The largest absolute Gasteiger partial charge is 0.504 e. The highest BCUT2D eigenvalue weighted by Gasteiger charge is 2.10. The number of aryl methyl sites for hydroxylation is 1. The molecular formula is C14H14O2. The Kier molecular flexibility index (Phi) is 2.57. The summed E-state index contributed by atoms with van der Waals surface area (Å²) in [7, 11) is 0. The van der Waals surface area contributed by atoms with Crippen LogP contribution < -0.4 is 0 Å². The van der Waals surface area contributed by atoms with Crippen molar-refractivity contribution < 1.29 is 10.2 Å². The molecular weight excluding hydrogens is 200 g/mol. The van der Waals surface area contributed by atoms with Crippen molar-refractivity contribution in [2.24, 2.45) is 0 Å². The zero-order valence-electron chi connectivity index (χ0n) is 9.36. The molecule has 0 radical (unpaired) electrons. The molecule has 0 unspecified atom stereocenters. The fourth-order valence-corrected chi connectivity index (χ4v) is 1.85. The average Bonchev–Trinajstić information content (AvgIpc) is 2.28. The standard InChI is InChI=1S/C14H14O2/c1-9-5-3-4-6-11(9)12-7-8-13(15)14(16)10(12)2/h3-8,15-16H,1-2H3. The Bertz CT molecular complexity index is 530. The highest BCUT2D eigenvalue weighted by atomic mass is 16.3. The van der Waals surface area contributed by atoms with Crippen LogP contribution >= 0.6 is 0 Å². The fraction of sp³-hybridized carbons (Fsp3) is 0.143. The Morgan fingerprint density at radius 3 is 2.19 bits per heavy atom. The van der Waals surface area contributed by atoms with Crippen LogP contribution in [0.4, 0.5) is 0 Å². The lowest BCUT2D eigenvalue weighted by Gasteiger charge is -2.11. The predicted molar refractivity (Wildman–Crippen MR) is 64.7 cm³/mol. The molecule has 0 heterocycles. The van der Waals surface area contributed by atoms with Crippen LogP contribution in [0.3, 0.4) is 0 Å². The summed E-state index contributed by atoms with van der Waals surface area (Å²) < 4.78 is 0. The second-order valence-corrected chi connectivity index (χ2v) is 3.92. The number of hydrogen-bond donors (Lipinski definition) is 2. The van der Waals surface area contributed by atoms with Crippen molar-refractivity contribution in [2.75, 3.05) is 0 Å². The molecule has 0 spiro atoms. The summed E-state index contributed by atoms with van der Waals surface area (Å²) in [5, 5.41) is 19.1. The first-order valence-electron chi connectivity index (χ1n) is 5.19. The Balaban J connectivity index is 2.66. The van der Waals surface area contributed by atoms with E-state index in [2.05, 4.69) is 0 Å². The van der Waals surface area contributed by atoms with E-state index in [1.807, 2.05) is 37.3 Å². The summed E-state index contributed by atoms with van der Waals surface area (Å²) in [5.41, 5.74) is 3.88. The van der Waals surface area contributed by atoms with Gasteiger partial charge in [-0.2, -0.15) is 0 Å². The molecule has 0 fully saturated rings. The summed E-state index contributed by atoms with van der Waals surface area (Å²) in [5.74, 6) is -0.115. The van der Waals surface area contributed by atoms with Gasteiger partial charge in [0.25, 0.3) is 0 Å². The summed E-state index contributed by atoms with van der Waals surface area (Å²) in [6.07, 6.45) is 0. The molecule has 2 aromatic carbocycles. The third-order valence-electron chi connectivity index (χ3n) is 2.84. The van der Waals surface area contributed by atoms with E-state index in [9.17, 15) is 10.2 Å². The van der Waals surface area contributed by atoms with Gasteiger partial charge in [-0.1, -0.05) is 30.3 Å². The van der Waals surface area contributed by atoms with Crippen LogP contribution in [-0.4, -0.2) is 10.2 Å². The maximum absolute atomic E-state index is 9.69. The van der Waals surface area contributed by atoms with Gasteiger partial charge in [-0.15, -0.1) is 0 Å². The van der Waals surface area contributed by atoms with E-state index in [1.165, 1.54) is 6.07 Å². The van der Waals surface area contributed by atoms with Crippen LogP contribution in [0.25, 0.3) is 11.1 Å². The summed E-state index contributed by atoms with van der Waals surface area (Å²) in [6, 6.07) is 11.3. The molecule has 0 aliphatic heterocycles. The van der Waals surface area contributed by atoms with Gasteiger partial charge < -0.3 is 10.2 Å². The molecule has 0 atom stereocenters. The minimum Gasteiger partial charge on any atom is -0.504 e. The van der Waals surface area contributed by atoms with Crippen LogP contribution in [-0.2, 0) is 0 Å². The Hall–Kier alpha value is -1.96. The van der Waals surface area contributed by atoms with Crippen LogP contribution in [0.5, 0.6) is 11.5 Å². The van der Waals surface area contributed by atoms with Gasteiger partial charge in [-0.25, -0.2) is 0 Å². The van der Waals surface area contributed by atoms with Crippen LogP contribution in [0.2, 0.25) is 0 Å². The fourth-order valence-electron chi connectivity index (χ4n) is 1.85. The molecule has 2 N–H and O–H groups in total. The first-order chi connectivity index (χ1) is 7.61. The smallest absolute Gasteiger partial charge is 0.161 e. The molecule has 16 heavy (non-hydrogen) atoms. The molecule has 2 nitrogen and oxygen atoms in total. The van der Waals surface area contributed by atoms with Crippen molar-refractivity contribution >= 4 is 0 Å². The van der Waals surface area contributed by atoms with Crippen LogP contribution in [0.1, 0.15) is 11.1 Å². The van der Waals surface area contributed by atoms with E-state index in [4.69, 9.17) is 0 Å². The SMILES string of the molecule is Cc1ccccc1-c1ccc(O)c(O)c1C. The van der Waals surface area contributed by atoms with Gasteiger partial charge in [0.15, 0.2) is 11.5 Å². The van der Waals surface area contributed by atoms with Crippen molar-refractivity contribution in [3.63, 3.8) is 0 Å². The number of phenolic OH excluding ortho intramolecular Hbond substituents is 2. The van der Waals surface area contributed by atoms with Crippen molar-refractivity contribution in [3.05, 3.63) is 47.5 Å². The average molecular weight is 214 g/mol. The van der Waals surface area contributed by atoms with E-state index >= 15 is 0 Å². The van der Waals surface area contributed by atoms with Crippen molar-refractivity contribution in [2.45, 2.75) is 13.8 Å². The van der Waals surface area contributed by atoms with Gasteiger partial charge in [0.1, 0.15) is 0 Å². The lowest BCUT2D eigenvalue weighted by atomic mass is 9.96. The molecule has 0 saturated heterocycles. The van der Waals surface area contributed by atoms with Gasteiger partial charge in [0.05, 0.1) is 0 Å². The van der Waals surface area contributed by atoms with Crippen molar-refractivity contribution in [3.8, 4) is 22.6 Å². The zero-order valence-corrected chi connectivity index (χ0v) is 9.36. The first-order valence-corrected chi connectivity index (χ1v) is 5.19. The molecule has 2 rings (SSSR count). The third-order valence-corrected chi connectivity index (χ3v) is 2.84. The normalized spacial score (nSPS) is 10.4. The maximum atomic E-state index is 9.69. The highest BCUT2D eigenvalue weighted by Crippen LogP contribution is 2.36. The zero-order chi connectivity index (χ0) is 11.7. The molecule has 0 bridgehead atoms. The number of phenols is 2. The van der Waals surface area contributed by atoms with E-state index in [1.54, 1.807) is 6.92 Å². The van der Waals surface area contributed by atoms with Gasteiger partial charge in [-0.05, 0) is 36.6 Å². The third kappa shape index (κ3) is 1.63. The van der Waals surface area contributed by atoms with E-state index in [0.29, 0.717) is 5.56 Å². The Labute approximate surface area is 94.8 Å². The predicted octanol–water partition coefficient (Wildman–Crippen LogP) is 3.38. The minimum atomic E-state index is -0.0742. The second kappa shape index (κ2) is 3.89. The Morgan fingerprint density at radius 1 is 0.812 bits per heavy atom. The molecule has 0 aliphatic rings. The van der Waals surface area contributed by atoms with Crippen LogP contribution in [0, 0.1) is 13.8 Å². The highest BCUT2D eigenvalue weighted by molar-refractivity contribution is 5.74. The Morgan fingerprint density at radius 2 is 1.50 bits per heavy atom. The molecule has 2 aromatic rings. The molecule has 0 aliphatic carbocycles. The van der Waals surface area contributed by atoms with Gasteiger partial charge in [0.2, 0.25) is 0 Å². The van der Waals surface area contributed by atoms with Crippen molar-refractivity contribution in [1.82, 2.24) is 0 Å². The topological polar surface area (TPSA) is 40.5 Å². The summed E-state index contributed by atoms with van der Waals surface area (Å²) in [6.45, 7) is 3.83. The van der Waals surface area contributed by atoms with E-state index in [-0.39, 0.29) is 11.5 Å². The lowest BCUT2D eigenvalue weighted by Crippen LogP contribution is -1.87. The summed E-state index contributed by atoms with van der Waals surface area (Å²) in [4.78, 5) is 0. The van der Waals surface area contributed by atoms with Crippen LogP contribution in [0.15, 0.2) is 36.4 Å². The summed E-state index contributed by atoms with van der Waals surface area (Å²) >= 11 is 0. The maximum Gasteiger partial charge on any atom is 0.161 e. The van der Waals surface area contributed by atoms with Gasteiger partial charge in [0, 0.05) is 5.56 Å². The molecule has 0 aromatic heterocycles. The minimum absolute atomic E-state index is 0.0410. The lowest BCUT2D eigenvalue weighted by molar-refractivity contribution is 0.401. The number of hydrogen-bond acceptors (Lipinski definition) is 2. The molecule has 82 valence electrons. The molecule has 0 saturated carbocycles. The van der Waals surface area contributed by atoms with Gasteiger partial charge >= 0.3 is 0 Å².